The highest BCUT2D eigenvalue weighted by molar-refractivity contribution is 5.77. The number of benzene rings is 1. The number of hydrogen-bond acceptors (Lipinski definition) is 3. The molecule has 1 fully saturated rings. The molecule has 0 aromatic heterocycles. The van der Waals surface area contributed by atoms with Crippen LogP contribution in [0.1, 0.15) is 56.2 Å². The second-order valence-corrected chi connectivity index (χ2v) is 6.00. The smallest absolute Gasteiger partial charge is 0.258 e. The molecule has 1 amide bonds. The molecule has 1 saturated carbocycles. The number of carbonyl (C=O) groups excluding carboxylic acids is 1. The van der Waals surface area contributed by atoms with Gasteiger partial charge in [-0.05, 0) is 43.9 Å². The molecule has 2 rings (SSSR count). The number of nitrogens with one attached hydrogen (secondary N) is 1. The molecule has 21 heavy (non-hydrogen) atoms. The third-order valence-electron chi connectivity index (χ3n) is 4.05. The lowest BCUT2D eigenvalue weighted by atomic mass is 9.95. The van der Waals surface area contributed by atoms with Gasteiger partial charge in [-0.2, -0.15) is 0 Å². The number of rotatable bonds is 5. The minimum atomic E-state index is -0.0300. The Bertz CT molecular complexity index is 480. The molecule has 0 spiro atoms. The van der Waals surface area contributed by atoms with Gasteiger partial charge < -0.3 is 15.8 Å². The summed E-state index contributed by atoms with van der Waals surface area (Å²) in [5.74, 6) is 0.718. The number of carbonyl (C=O) groups is 1. The van der Waals surface area contributed by atoms with Crippen LogP contribution in [0.5, 0.6) is 5.75 Å². The van der Waals surface area contributed by atoms with E-state index in [-0.39, 0.29) is 18.6 Å². The summed E-state index contributed by atoms with van der Waals surface area (Å²) in [6, 6.07) is 6.19. The lowest BCUT2D eigenvalue weighted by Crippen LogP contribution is -2.39. The van der Waals surface area contributed by atoms with Crippen LogP contribution in [-0.2, 0) is 4.79 Å². The maximum Gasteiger partial charge on any atom is 0.258 e. The Balaban J connectivity index is 1.83. The standard InChI is InChI=1S/C17H26N2O2/c1-12-10-14(13(2)18)8-9-16(12)21-11-17(20)19-15-6-4-3-5-7-15/h8-10,13,15H,3-7,11,18H2,1-2H3,(H,19,20)/t13-/m0/s1. The molecular formula is C17H26N2O2. The van der Waals surface area contributed by atoms with Crippen LogP contribution in [0.4, 0.5) is 0 Å². The number of ether oxygens (including phenoxy) is 1. The van der Waals surface area contributed by atoms with Crippen LogP contribution in [0.15, 0.2) is 18.2 Å². The first-order chi connectivity index (χ1) is 10.1. The molecule has 0 heterocycles. The SMILES string of the molecule is Cc1cc([C@H](C)N)ccc1OCC(=O)NC1CCCCC1. The van der Waals surface area contributed by atoms with Gasteiger partial charge in [0.15, 0.2) is 6.61 Å². The van der Waals surface area contributed by atoms with Crippen LogP contribution in [0.3, 0.4) is 0 Å². The molecule has 1 aromatic carbocycles. The summed E-state index contributed by atoms with van der Waals surface area (Å²) in [6.45, 7) is 4.00. The lowest BCUT2D eigenvalue weighted by molar-refractivity contribution is -0.124. The maximum atomic E-state index is 11.9. The van der Waals surface area contributed by atoms with E-state index in [9.17, 15) is 4.79 Å². The molecule has 4 heteroatoms. The molecule has 3 N–H and O–H groups in total. The van der Waals surface area contributed by atoms with Crippen molar-refractivity contribution in [3.63, 3.8) is 0 Å². The van der Waals surface area contributed by atoms with Crippen LogP contribution in [-0.4, -0.2) is 18.6 Å². The van der Waals surface area contributed by atoms with Gasteiger partial charge in [0.1, 0.15) is 5.75 Å². The van der Waals surface area contributed by atoms with Gasteiger partial charge in [0, 0.05) is 12.1 Å². The van der Waals surface area contributed by atoms with Gasteiger partial charge in [-0.15, -0.1) is 0 Å². The van der Waals surface area contributed by atoms with E-state index < -0.39 is 0 Å². The molecule has 1 aliphatic rings. The molecule has 0 aliphatic heterocycles. The first-order valence-corrected chi connectivity index (χ1v) is 7.84. The van der Waals surface area contributed by atoms with Crippen molar-refractivity contribution in [2.75, 3.05) is 6.61 Å². The van der Waals surface area contributed by atoms with Gasteiger partial charge in [0.05, 0.1) is 0 Å². The van der Waals surface area contributed by atoms with E-state index in [1.165, 1.54) is 19.3 Å². The monoisotopic (exact) mass is 290 g/mol. The zero-order chi connectivity index (χ0) is 15.2. The number of aryl methyl sites for hydroxylation is 1. The number of nitrogens with two attached hydrogens (primary N) is 1. The Hall–Kier alpha value is -1.55. The van der Waals surface area contributed by atoms with E-state index in [2.05, 4.69) is 5.32 Å². The van der Waals surface area contributed by atoms with Crippen molar-refractivity contribution >= 4 is 5.91 Å². The van der Waals surface area contributed by atoms with Crippen molar-refractivity contribution in [2.45, 2.75) is 58.0 Å². The van der Waals surface area contributed by atoms with Gasteiger partial charge in [0.25, 0.3) is 5.91 Å². The molecule has 116 valence electrons. The quantitative estimate of drug-likeness (QED) is 0.876. The maximum absolute atomic E-state index is 11.9. The van der Waals surface area contributed by atoms with E-state index >= 15 is 0 Å². The molecule has 0 radical (unpaired) electrons. The predicted octanol–water partition coefficient (Wildman–Crippen LogP) is 2.84. The van der Waals surface area contributed by atoms with Crippen molar-refractivity contribution in [3.8, 4) is 5.75 Å². The van der Waals surface area contributed by atoms with Crippen molar-refractivity contribution in [1.29, 1.82) is 0 Å². The normalized spacial score (nSPS) is 17.3. The Morgan fingerprint density at radius 3 is 2.71 bits per heavy atom. The average molecular weight is 290 g/mol. The fourth-order valence-electron chi connectivity index (χ4n) is 2.78. The van der Waals surface area contributed by atoms with E-state index in [4.69, 9.17) is 10.5 Å². The van der Waals surface area contributed by atoms with Crippen LogP contribution in [0.25, 0.3) is 0 Å². The van der Waals surface area contributed by atoms with E-state index in [0.717, 1.165) is 29.7 Å². The molecule has 1 aliphatic carbocycles. The topological polar surface area (TPSA) is 64.3 Å². The number of amides is 1. The van der Waals surface area contributed by atoms with Crippen LogP contribution in [0.2, 0.25) is 0 Å². The van der Waals surface area contributed by atoms with Gasteiger partial charge in [-0.1, -0.05) is 31.4 Å². The summed E-state index contributed by atoms with van der Waals surface area (Å²) < 4.78 is 5.62. The zero-order valence-electron chi connectivity index (χ0n) is 13.0. The van der Waals surface area contributed by atoms with Crippen LogP contribution in [0, 0.1) is 6.92 Å². The first-order valence-electron chi connectivity index (χ1n) is 7.84. The Kier molecular flexibility index (Phi) is 5.62. The third kappa shape index (κ3) is 4.74. The van der Waals surface area contributed by atoms with Crippen molar-refractivity contribution in [1.82, 2.24) is 5.32 Å². The van der Waals surface area contributed by atoms with Crippen LogP contribution >= 0.6 is 0 Å². The minimum Gasteiger partial charge on any atom is -0.484 e. The molecule has 0 bridgehead atoms. The molecule has 0 unspecified atom stereocenters. The van der Waals surface area contributed by atoms with E-state index in [1.54, 1.807) is 0 Å². The summed E-state index contributed by atoms with van der Waals surface area (Å²) in [4.78, 5) is 11.9. The van der Waals surface area contributed by atoms with Crippen molar-refractivity contribution in [2.24, 2.45) is 5.73 Å². The highest BCUT2D eigenvalue weighted by Crippen LogP contribution is 2.22. The minimum absolute atomic E-state index is 0.00681. The second-order valence-electron chi connectivity index (χ2n) is 6.00. The second kappa shape index (κ2) is 7.46. The van der Waals surface area contributed by atoms with Gasteiger partial charge in [0.2, 0.25) is 0 Å². The largest absolute Gasteiger partial charge is 0.484 e. The summed E-state index contributed by atoms with van der Waals surface area (Å²) in [5.41, 5.74) is 7.94. The van der Waals surface area contributed by atoms with Gasteiger partial charge in [-0.3, -0.25) is 4.79 Å². The molecule has 0 saturated heterocycles. The molecule has 1 aromatic rings. The fourth-order valence-corrected chi connectivity index (χ4v) is 2.78. The van der Waals surface area contributed by atoms with Crippen molar-refractivity contribution < 1.29 is 9.53 Å². The summed E-state index contributed by atoms with van der Waals surface area (Å²) in [5, 5.41) is 3.05. The highest BCUT2D eigenvalue weighted by atomic mass is 16.5. The Morgan fingerprint density at radius 2 is 2.10 bits per heavy atom. The lowest BCUT2D eigenvalue weighted by Gasteiger charge is -2.22. The fraction of sp³-hybridized carbons (Fsp3) is 0.588. The zero-order valence-corrected chi connectivity index (χ0v) is 13.0. The Morgan fingerprint density at radius 1 is 1.38 bits per heavy atom. The predicted molar refractivity (Wildman–Crippen MR) is 84.3 cm³/mol. The van der Waals surface area contributed by atoms with Crippen molar-refractivity contribution in [3.05, 3.63) is 29.3 Å². The first kappa shape index (κ1) is 15.8. The molecule has 4 nitrogen and oxygen atoms in total. The summed E-state index contributed by atoms with van der Waals surface area (Å²) in [6.07, 6.45) is 5.89. The number of hydrogen-bond donors (Lipinski definition) is 2. The molecule has 1 atom stereocenters. The molecular weight excluding hydrogens is 264 g/mol. The van der Waals surface area contributed by atoms with Gasteiger partial charge in [-0.25, -0.2) is 0 Å². The third-order valence-corrected chi connectivity index (χ3v) is 4.05. The van der Waals surface area contributed by atoms with Crippen LogP contribution < -0.4 is 15.8 Å². The van der Waals surface area contributed by atoms with Gasteiger partial charge >= 0.3 is 0 Å². The summed E-state index contributed by atoms with van der Waals surface area (Å²) >= 11 is 0. The Labute approximate surface area is 127 Å². The summed E-state index contributed by atoms with van der Waals surface area (Å²) in [7, 11) is 0. The highest BCUT2D eigenvalue weighted by Gasteiger charge is 2.16. The van der Waals surface area contributed by atoms with E-state index in [0.29, 0.717) is 6.04 Å². The van der Waals surface area contributed by atoms with E-state index in [1.807, 2.05) is 32.0 Å². The average Bonchev–Trinajstić information content (AvgIpc) is 2.47.